The van der Waals surface area contributed by atoms with E-state index < -0.39 is 5.51 Å². The number of methoxy groups -OCH3 is 2. The van der Waals surface area contributed by atoms with Crippen LogP contribution in [0.15, 0.2) is 22.5 Å². The summed E-state index contributed by atoms with van der Waals surface area (Å²) in [5, 5.41) is 0. The molecule has 0 aliphatic heterocycles. The molecule has 0 saturated heterocycles. The Morgan fingerprint density at radius 3 is 2.33 bits per heavy atom. The van der Waals surface area contributed by atoms with E-state index in [-0.39, 0.29) is 22.4 Å². The smallest absolute Gasteiger partial charge is 0.446 e. The lowest BCUT2D eigenvalue weighted by Crippen LogP contribution is -2.06. The summed E-state index contributed by atoms with van der Waals surface area (Å²) in [6, 6.07) is 0. The number of rotatable bonds is 3. The summed E-state index contributed by atoms with van der Waals surface area (Å²) in [6.45, 7) is 0. The highest BCUT2D eigenvalue weighted by atomic mass is 32.2. The maximum absolute atomic E-state index is 12.2. The van der Waals surface area contributed by atoms with Crippen LogP contribution in [0, 0.1) is 0 Å². The van der Waals surface area contributed by atoms with Gasteiger partial charge in [0.2, 0.25) is 0 Å². The summed E-state index contributed by atoms with van der Waals surface area (Å²) >= 11 is -0.123. The van der Waals surface area contributed by atoms with Crippen molar-refractivity contribution in [2.75, 3.05) is 14.2 Å². The first-order valence-corrected chi connectivity index (χ1v) is 5.05. The molecule has 0 atom stereocenters. The number of ether oxygens (including phenoxy) is 2. The maximum atomic E-state index is 12.2. The van der Waals surface area contributed by atoms with Gasteiger partial charge in [-0.05, 0) is 18.2 Å². The van der Waals surface area contributed by atoms with Crippen molar-refractivity contribution >= 4 is 11.8 Å². The number of allylic oxidation sites excluding steroid dienone is 3. The van der Waals surface area contributed by atoms with Crippen LogP contribution in [0.2, 0.25) is 0 Å². The minimum atomic E-state index is -4.27. The highest BCUT2D eigenvalue weighted by molar-refractivity contribution is 8.03. The van der Waals surface area contributed by atoms with E-state index in [1.165, 1.54) is 20.3 Å². The van der Waals surface area contributed by atoms with Crippen molar-refractivity contribution in [3.05, 3.63) is 22.5 Å². The van der Waals surface area contributed by atoms with E-state index >= 15 is 0 Å². The van der Waals surface area contributed by atoms with Gasteiger partial charge in [0.1, 0.15) is 5.76 Å². The molecule has 6 heteroatoms. The molecule has 0 N–H and O–H groups in total. The standard InChI is InChI=1S/C9H11F3O2S/c1-13-6-3-4-8(7(5-6)14-2)15-9(10,11)12/h5H,3-4H2,1-2H3. The Labute approximate surface area is 90.1 Å². The van der Waals surface area contributed by atoms with Crippen molar-refractivity contribution in [1.29, 1.82) is 0 Å². The Morgan fingerprint density at radius 2 is 1.87 bits per heavy atom. The van der Waals surface area contributed by atoms with Crippen LogP contribution in [0.5, 0.6) is 0 Å². The molecule has 0 radical (unpaired) electrons. The largest absolute Gasteiger partial charge is 0.501 e. The average molecular weight is 240 g/mol. The number of alkyl halides is 3. The van der Waals surface area contributed by atoms with Gasteiger partial charge in [0.15, 0.2) is 0 Å². The highest BCUT2D eigenvalue weighted by Crippen LogP contribution is 2.42. The average Bonchev–Trinajstić information content (AvgIpc) is 2.16. The molecule has 0 heterocycles. The van der Waals surface area contributed by atoms with Gasteiger partial charge in [0, 0.05) is 17.4 Å². The Kier molecular flexibility index (Phi) is 3.96. The van der Waals surface area contributed by atoms with E-state index in [0.29, 0.717) is 18.6 Å². The van der Waals surface area contributed by atoms with Gasteiger partial charge in [-0.15, -0.1) is 0 Å². The highest BCUT2D eigenvalue weighted by Gasteiger charge is 2.32. The molecule has 0 unspecified atom stereocenters. The van der Waals surface area contributed by atoms with Gasteiger partial charge in [0.25, 0.3) is 0 Å². The first-order chi connectivity index (χ1) is 6.96. The normalized spacial score (nSPS) is 17.5. The Bertz CT molecular complexity index is 294. The number of hydrogen-bond acceptors (Lipinski definition) is 3. The summed E-state index contributed by atoms with van der Waals surface area (Å²) < 4.78 is 46.3. The summed E-state index contributed by atoms with van der Waals surface area (Å²) in [4.78, 5) is 0.200. The van der Waals surface area contributed by atoms with Crippen molar-refractivity contribution in [2.24, 2.45) is 0 Å². The van der Waals surface area contributed by atoms with Crippen molar-refractivity contribution in [3.8, 4) is 0 Å². The van der Waals surface area contributed by atoms with E-state index in [4.69, 9.17) is 9.47 Å². The third-order valence-corrected chi connectivity index (χ3v) is 2.77. The van der Waals surface area contributed by atoms with E-state index in [2.05, 4.69) is 0 Å². The molecule has 0 aromatic heterocycles. The summed E-state index contributed by atoms with van der Waals surface area (Å²) in [5.74, 6) is 0.874. The topological polar surface area (TPSA) is 18.5 Å². The molecular formula is C9H11F3O2S. The zero-order valence-electron chi connectivity index (χ0n) is 8.35. The zero-order chi connectivity index (χ0) is 11.5. The van der Waals surface area contributed by atoms with Crippen LogP contribution in [0.25, 0.3) is 0 Å². The monoisotopic (exact) mass is 240 g/mol. The van der Waals surface area contributed by atoms with Crippen LogP contribution in [-0.2, 0) is 9.47 Å². The lowest BCUT2D eigenvalue weighted by Gasteiger charge is -2.18. The zero-order valence-corrected chi connectivity index (χ0v) is 9.17. The maximum Gasteiger partial charge on any atom is 0.446 e. The van der Waals surface area contributed by atoms with Crippen LogP contribution < -0.4 is 0 Å². The van der Waals surface area contributed by atoms with Gasteiger partial charge < -0.3 is 9.47 Å². The van der Waals surface area contributed by atoms with Gasteiger partial charge in [0.05, 0.1) is 20.0 Å². The van der Waals surface area contributed by atoms with E-state index in [1.54, 1.807) is 0 Å². The minimum Gasteiger partial charge on any atom is -0.501 e. The number of halogens is 3. The van der Waals surface area contributed by atoms with Gasteiger partial charge in [-0.3, -0.25) is 0 Å². The Hall–Kier alpha value is -0.780. The predicted molar refractivity (Wildman–Crippen MR) is 52.0 cm³/mol. The molecule has 0 bridgehead atoms. The quantitative estimate of drug-likeness (QED) is 0.753. The van der Waals surface area contributed by atoms with Crippen molar-refractivity contribution in [1.82, 2.24) is 0 Å². The van der Waals surface area contributed by atoms with Gasteiger partial charge in [-0.1, -0.05) is 0 Å². The molecule has 0 aromatic carbocycles. The fourth-order valence-corrected chi connectivity index (χ4v) is 1.96. The lowest BCUT2D eigenvalue weighted by atomic mass is 10.1. The lowest BCUT2D eigenvalue weighted by molar-refractivity contribution is -0.0323. The third kappa shape index (κ3) is 3.70. The molecule has 86 valence electrons. The first kappa shape index (κ1) is 12.3. The van der Waals surface area contributed by atoms with Crippen LogP contribution in [-0.4, -0.2) is 19.7 Å². The fraction of sp³-hybridized carbons (Fsp3) is 0.556. The van der Waals surface area contributed by atoms with Gasteiger partial charge in [-0.2, -0.15) is 13.2 Å². The molecule has 2 nitrogen and oxygen atoms in total. The molecule has 1 rings (SSSR count). The first-order valence-electron chi connectivity index (χ1n) is 4.23. The van der Waals surface area contributed by atoms with Crippen molar-refractivity contribution in [3.63, 3.8) is 0 Å². The summed E-state index contributed by atoms with van der Waals surface area (Å²) in [6.07, 6.45) is 2.27. The molecule has 0 spiro atoms. The van der Waals surface area contributed by atoms with Gasteiger partial charge in [-0.25, -0.2) is 0 Å². The second-order valence-corrected chi connectivity index (χ2v) is 4.01. The second-order valence-electron chi connectivity index (χ2n) is 2.85. The van der Waals surface area contributed by atoms with Crippen LogP contribution in [0.3, 0.4) is 0 Å². The van der Waals surface area contributed by atoms with Crippen molar-refractivity contribution < 1.29 is 22.6 Å². The SMILES string of the molecule is COC1=CC(OC)=C(SC(F)(F)F)CC1. The molecular weight excluding hydrogens is 229 g/mol. The van der Waals surface area contributed by atoms with Crippen molar-refractivity contribution in [2.45, 2.75) is 18.3 Å². The summed E-state index contributed by atoms with van der Waals surface area (Å²) in [5.41, 5.74) is -4.27. The third-order valence-electron chi connectivity index (χ3n) is 1.89. The molecule has 1 aliphatic rings. The second kappa shape index (κ2) is 4.83. The van der Waals surface area contributed by atoms with E-state index in [9.17, 15) is 13.2 Å². The number of thioether (sulfide) groups is 1. The fourth-order valence-electron chi connectivity index (χ4n) is 1.23. The number of hydrogen-bond donors (Lipinski definition) is 0. The van der Waals surface area contributed by atoms with E-state index in [0.717, 1.165) is 0 Å². The minimum absolute atomic E-state index is 0.123. The van der Waals surface area contributed by atoms with Gasteiger partial charge >= 0.3 is 5.51 Å². The molecule has 1 aliphatic carbocycles. The molecule has 0 fully saturated rings. The Morgan fingerprint density at radius 1 is 1.20 bits per heavy atom. The molecule has 0 aromatic rings. The molecule has 0 saturated carbocycles. The predicted octanol–water partition coefficient (Wildman–Crippen LogP) is 3.42. The van der Waals surface area contributed by atoms with Crippen LogP contribution in [0.4, 0.5) is 13.2 Å². The molecule has 15 heavy (non-hydrogen) atoms. The molecule has 0 amide bonds. The Balaban J connectivity index is 2.85. The van der Waals surface area contributed by atoms with Crippen LogP contribution in [0.1, 0.15) is 12.8 Å². The van der Waals surface area contributed by atoms with Crippen LogP contribution >= 0.6 is 11.8 Å². The van der Waals surface area contributed by atoms with E-state index in [1.807, 2.05) is 0 Å². The summed E-state index contributed by atoms with van der Waals surface area (Å²) in [7, 11) is 2.84.